The first kappa shape index (κ1) is 19.4. The van der Waals surface area contributed by atoms with Crippen LogP contribution >= 0.6 is 8.46 Å². The minimum Gasteiger partial charge on any atom is -0.493 e. The predicted molar refractivity (Wildman–Crippen MR) is 88.2 cm³/mol. The van der Waals surface area contributed by atoms with Gasteiger partial charge in [0.1, 0.15) is 0 Å². The number of carbonyl (C=O) groups is 2. The molecule has 24 heavy (non-hydrogen) atoms. The zero-order valence-corrected chi connectivity index (χ0v) is 14.3. The third kappa shape index (κ3) is 4.67. The molecule has 1 rings (SSSR count). The van der Waals surface area contributed by atoms with E-state index in [4.69, 9.17) is 18.9 Å². The van der Waals surface area contributed by atoms with Gasteiger partial charge in [0.05, 0.1) is 19.5 Å². The molecular weight excluding hydrogens is 335 g/mol. The zero-order valence-electron chi connectivity index (χ0n) is 13.4. The van der Waals surface area contributed by atoms with Crippen molar-refractivity contribution in [1.29, 1.82) is 0 Å². The molecule has 0 N–H and O–H groups in total. The Hall–Kier alpha value is -2.66. The predicted octanol–water partition coefficient (Wildman–Crippen LogP) is 1.89. The standard InChI is InChI=1S/C16H17O7P/c1-5-10(17)8-22-14-12(20-3)7-13(24-19)15(21-4)16(14)23-9-11(18)6-2/h5-7H,1-2,8-9H2,3-4H3. The normalized spacial score (nSPS) is 9.92. The molecule has 8 heteroatoms. The maximum atomic E-state index is 11.4. The Bertz CT molecular complexity index is 667. The molecule has 1 aromatic rings. The van der Waals surface area contributed by atoms with E-state index in [9.17, 15) is 14.2 Å². The van der Waals surface area contributed by atoms with Crippen molar-refractivity contribution in [3.8, 4) is 23.0 Å². The number of rotatable bonds is 11. The van der Waals surface area contributed by atoms with Crippen molar-refractivity contribution in [3.63, 3.8) is 0 Å². The second kappa shape index (κ2) is 9.47. The second-order valence-electron chi connectivity index (χ2n) is 4.30. The van der Waals surface area contributed by atoms with Crippen LogP contribution < -0.4 is 24.3 Å². The summed E-state index contributed by atoms with van der Waals surface area (Å²) in [5.74, 6) is -0.419. The lowest BCUT2D eigenvalue weighted by Crippen LogP contribution is -2.15. The van der Waals surface area contributed by atoms with Gasteiger partial charge in [-0.15, -0.1) is 0 Å². The number of ketones is 2. The lowest BCUT2D eigenvalue weighted by atomic mass is 10.2. The van der Waals surface area contributed by atoms with Gasteiger partial charge in [-0.1, -0.05) is 13.2 Å². The zero-order chi connectivity index (χ0) is 18.1. The van der Waals surface area contributed by atoms with E-state index in [1.54, 1.807) is 0 Å². The number of ether oxygens (including phenoxy) is 4. The molecule has 0 atom stereocenters. The molecule has 0 saturated heterocycles. The van der Waals surface area contributed by atoms with Crippen LogP contribution in [0.1, 0.15) is 0 Å². The fraction of sp³-hybridized carbons (Fsp3) is 0.250. The summed E-state index contributed by atoms with van der Waals surface area (Å²) in [5.41, 5.74) is 0. The average Bonchev–Trinajstić information content (AvgIpc) is 2.62. The monoisotopic (exact) mass is 352 g/mol. The summed E-state index contributed by atoms with van der Waals surface area (Å²) in [6, 6.07) is 1.42. The summed E-state index contributed by atoms with van der Waals surface area (Å²) in [4.78, 5) is 22.8. The summed E-state index contributed by atoms with van der Waals surface area (Å²) in [5, 5.41) is 0.234. The Morgan fingerprint density at radius 1 is 1.00 bits per heavy atom. The Balaban J connectivity index is 3.39. The highest BCUT2D eigenvalue weighted by molar-refractivity contribution is 7.34. The maximum absolute atomic E-state index is 11.4. The van der Waals surface area contributed by atoms with E-state index >= 15 is 0 Å². The minimum absolute atomic E-state index is 0.00209. The maximum Gasteiger partial charge on any atom is 0.209 e. The van der Waals surface area contributed by atoms with Crippen molar-refractivity contribution >= 4 is 25.3 Å². The summed E-state index contributed by atoms with van der Waals surface area (Å²) in [7, 11) is 2.37. The molecule has 0 unspecified atom stereocenters. The third-order valence-corrected chi connectivity index (χ3v) is 3.36. The fourth-order valence-corrected chi connectivity index (χ4v) is 2.12. The van der Waals surface area contributed by atoms with Crippen molar-refractivity contribution in [2.75, 3.05) is 27.4 Å². The molecular formula is C16H17O7P. The van der Waals surface area contributed by atoms with Crippen LogP contribution in [0.3, 0.4) is 0 Å². The van der Waals surface area contributed by atoms with E-state index in [0.29, 0.717) is 0 Å². The van der Waals surface area contributed by atoms with Gasteiger partial charge in [0, 0.05) is 6.07 Å². The average molecular weight is 352 g/mol. The highest BCUT2D eigenvalue weighted by Gasteiger charge is 2.24. The van der Waals surface area contributed by atoms with Crippen molar-refractivity contribution in [1.82, 2.24) is 0 Å². The molecule has 0 aromatic heterocycles. The smallest absolute Gasteiger partial charge is 0.209 e. The van der Waals surface area contributed by atoms with Gasteiger partial charge in [0.25, 0.3) is 0 Å². The molecule has 0 amide bonds. The second-order valence-corrected chi connectivity index (χ2v) is 4.96. The summed E-state index contributed by atoms with van der Waals surface area (Å²) >= 11 is 0. The third-order valence-electron chi connectivity index (χ3n) is 2.83. The van der Waals surface area contributed by atoms with E-state index in [2.05, 4.69) is 13.2 Å². The van der Waals surface area contributed by atoms with Crippen LogP contribution in [-0.4, -0.2) is 39.0 Å². The molecule has 0 saturated carbocycles. The first-order valence-electron chi connectivity index (χ1n) is 6.70. The fourth-order valence-electron chi connectivity index (χ4n) is 1.68. The van der Waals surface area contributed by atoms with Gasteiger partial charge in [-0.25, -0.2) is 0 Å². The summed E-state index contributed by atoms with van der Waals surface area (Å²) < 4.78 is 32.6. The van der Waals surface area contributed by atoms with Crippen LogP contribution in [0.4, 0.5) is 0 Å². The van der Waals surface area contributed by atoms with Crippen LogP contribution in [0.2, 0.25) is 0 Å². The Morgan fingerprint density at radius 2 is 1.54 bits per heavy atom. The molecule has 1 aromatic carbocycles. The van der Waals surface area contributed by atoms with Crippen LogP contribution in [0.25, 0.3) is 0 Å². The van der Waals surface area contributed by atoms with Crippen molar-refractivity contribution in [2.24, 2.45) is 0 Å². The number of methoxy groups -OCH3 is 2. The molecule has 0 heterocycles. The molecule has 0 bridgehead atoms. The Kier molecular flexibility index (Phi) is 7.65. The molecule has 7 nitrogen and oxygen atoms in total. The number of benzene rings is 1. The summed E-state index contributed by atoms with van der Waals surface area (Å²) in [6.45, 7) is 6.05. The molecule has 0 aliphatic rings. The van der Waals surface area contributed by atoms with Crippen LogP contribution in [-0.2, 0) is 14.2 Å². The molecule has 0 fully saturated rings. The highest BCUT2D eigenvalue weighted by Crippen LogP contribution is 2.44. The van der Waals surface area contributed by atoms with Gasteiger partial charge in [-0.05, 0) is 12.2 Å². The van der Waals surface area contributed by atoms with E-state index in [1.807, 2.05) is 0 Å². The van der Waals surface area contributed by atoms with Gasteiger partial charge in [-0.2, -0.15) is 0 Å². The SMILES string of the molecule is C=CC(=O)COc1c(OC)cc(P=O)c(OC)c1OCC(=O)C=C. The molecule has 128 valence electrons. The lowest BCUT2D eigenvalue weighted by molar-refractivity contribution is -0.117. The van der Waals surface area contributed by atoms with Crippen molar-refractivity contribution < 1.29 is 33.1 Å². The van der Waals surface area contributed by atoms with Gasteiger partial charge in [0.15, 0.2) is 44.7 Å². The molecule has 0 radical (unpaired) electrons. The van der Waals surface area contributed by atoms with Crippen LogP contribution in [0.5, 0.6) is 23.0 Å². The van der Waals surface area contributed by atoms with Gasteiger partial charge >= 0.3 is 0 Å². The van der Waals surface area contributed by atoms with Crippen molar-refractivity contribution in [3.05, 3.63) is 31.4 Å². The molecule has 0 spiro atoms. The summed E-state index contributed by atoms with van der Waals surface area (Å²) in [6.07, 6.45) is 2.21. The topological polar surface area (TPSA) is 88.1 Å². The van der Waals surface area contributed by atoms with E-state index in [0.717, 1.165) is 12.2 Å². The van der Waals surface area contributed by atoms with Crippen LogP contribution in [0, 0.1) is 0 Å². The van der Waals surface area contributed by atoms with E-state index < -0.39 is 0 Å². The minimum atomic E-state index is -0.380. The van der Waals surface area contributed by atoms with Gasteiger partial charge < -0.3 is 18.9 Å². The highest BCUT2D eigenvalue weighted by atomic mass is 31.1. The van der Waals surface area contributed by atoms with Gasteiger partial charge in [0.2, 0.25) is 11.5 Å². The molecule has 0 aliphatic heterocycles. The number of hydrogen-bond donors (Lipinski definition) is 0. The first-order chi connectivity index (χ1) is 11.5. The first-order valence-corrected chi connectivity index (χ1v) is 7.52. The largest absolute Gasteiger partial charge is 0.493 e. The lowest BCUT2D eigenvalue weighted by Gasteiger charge is -2.18. The van der Waals surface area contributed by atoms with Crippen LogP contribution in [0.15, 0.2) is 31.4 Å². The quantitative estimate of drug-likeness (QED) is 0.444. The van der Waals surface area contributed by atoms with Gasteiger partial charge in [-0.3, -0.25) is 14.2 Å². The van der Waals surface area contributed by atoms with E-state index in [1.165, 1.54) is 20.3 Å². The Labute approximate surface area is 141 Å². The van der Waals surface area contributed by atoms with E-state index in [-0.39, 0.29) is 61.5 Å². The Morgan fingerprint density at radius 3 is 1.96 bits per heavy atom. The number of carbonyl (C=O) groups excluding carboxylic acids is 2. The number of hydrogen-bond acceptors (Lipinski definition) is 7. The van der Waals surface area contributed by atoms with Crippen molar-refractivity contribution in [2.45, 2.75) is 0 Å². The molecule has 0 aliphatic carbocycles.